The maximum atomic E-state index is 11.3. The summed E-state index contributed by atoms with van der Waals surface area (Å²) in [7, 11) is 0. The first-order valence-corrected chi connectivity index (χ1v) is 4.48. The van der Waals surface area contributed by atoms with Crippen molar-refractivity contribution in [2.45, 2.75) is 0 Å². The summed E-state index contributed by atoms with van der Waals surface area (Å²) >= 11 is 0. The van der Waals surface area contributed by atoms with Crippen molar-refractivity contribution >= 4 is 11.9 Å². The Bertz CT molecular complexity index is 433. The van der Waals surface area contributed by atoms with Gasteiger partial charge in [-0.15, -0.1) is 0 Å². The molecule has 2 rings (SSSR count). The molecule has 0 radical (unpaired) electrons. The Morgan fingerprint density at radius 2 is 1.07 bits per heavy atom. The lowest BCUT2D eigenvalue weighted by atomic mass is 10.1. The van der Waals surface area contributed by atoms with Crippen LogP contribution < -0.4 is 0 Å². The van der Waals surface area contributed by atoms with Gasteiger partial charge in [0.25, 0.3) is 0 Å². The van der Waals surface area contributed by atoms with Crippen molar-refractivity contribution in [3.8, 4) is 0 Å². The van der Waals surface area contributed by atoms with Crippen LogP contribution in [-0.2, 0) is 4.74 Å². The van der Waals surface area contributed by atoms with Crippen LogP contribution in [0.25, 0.3) is 0 Å². The average Bonchev–Trinajstić information content (AvgIpc) is 2.49. The van der Waals surface area contributed by atoms with Gasteiger partial charge in [-0.05, 0) is 12.1 Å². The van der Waals surface area contributed by atoms with Gasteiger partial charge in [-0.3, -0.25) is 0 Å². The predicted octanol–water partition coefficient (Wildman–Crippen LogP) is 2.12. The van der Waals surface area contributed by atoms with E-state index in [9.17, 15) is 9.59 Å². The molecule has 0 saturated heterocycles. The number of hydrogen-bond donors (Lipinski definition) is 0. The average molecular weight is 200 g/mol. The molecular formula is C12H8O3. The Hall–Kier alpha value is -2.16. The molecule has 1 aliphatic heterocycles. The van der Waals surface area contributed by atoms with Crippen LogP contribution in [0, 0.1) is 0 Å². The van der Waals surface area contributed by atoms with E-state index in [4.69, 9.17) is 0 Å². The minimum Gasteiger partial charge on any atom is -0.386 e. The largest absolute Gasteiger partial charge is 0.386 e. The van der Waals surface area contributed by atoms with Gasteiger partial charge >= 0.3 is 11.9 Å². The fraction of sp³-hybridized carbons (Fsp3) is 0. The Morgan fingerprint density at radius 3 is 1.53 bits per heavy atom. The highest BCUT2D eigenvalue weighted by Gasteiger charge is 2.27. The number of esters is 2. The third-order valence-electron chi connectivity index (χ3n) is 2.00. The molecule has 0 aliphatic carbocycles. The van der Waals surface area contributed by atoms with E-state index >= 15 is 0 Å². The Kier molecular flexibility index (Phi) is 2.46. The van der Waals surface area contributed by atoms with Crippen LogP contribution in [0.4, 0.5) is 0 Å². The van der Waals surface area contributed by atoms with E-state index in [2.05, 4.69) is 4.74 Å². The quantitative estimate of drug-likeness (QED) is 0.476. The van der Waals surface area contributed by atoms with E-state index in [1.54, 1.807) is 36.4 Å². The molecule has 3 nitrogen and oxygen atoms in total. The Labute approximate surface area is 86.6 Å². The van der Waals surface area contributed by atoms with Crippen molar-refractivity contribution in [2.24, 2.45) is 0 Å². The third-order valence-corrected chi connectivity index (χ3v) is 2.00. The van der Waals surface area contributed by atoms with Crippen LogP contribution in [0.15, 0.2) is 48.5 Å². The number of hydrogen-bond acceptors (Lipinski definition) is 3. The molecule has 1 aromatic carbocycles. The molecule has 1 aromatic rings. The number of rotatable bonds is 0. The molecule has 0 fully saturated rings. The van der Waals surface area contributed by atoms with Crippen LogP contribution in [0.1, 0.15) is 20.7 Å². The fourth-order valence-electron chi connectivity index (χ4n) is 1.29. The molecule has 0 spiro atoms. The molecule has 3 heteroatoms. The van der Waals surface area contributed by atoms with E-state index < -0.39 is 11.9 Å². The van der Waals surface area contributed by atoms with Crippen molar-refractivity contribution in [3.05, 3.63) is 59.7 Å². The standard InChI is InChI=1S/C12H8O3/c13-11-9-7-5-3-1-2-4-6-8-10(9)12(14)15-11/h1-8H. The minimum atomic E-state index is -0.589. The molecule has 15 heavy (non-hydrogen) atoms. The van der Waals surface area contributed by atoms with Gasteiger partial charge in [-0.2, -0.15) is 0 Å². The zero-order chi connectivity index (χ0) is 10.7. The van der Waals surface area contributed by atoms with Crippen molar-refractivity contribution in [3.63, 3.8) is 0 Å². The summed E-state index contributed by atoms with van der Waals surface area (Å²) in [4.78, 5) is 22.5. The van der Waals surface area contributed by atoms with Crippen LogP contribution in [0.3, 0.4) is 0 Å². The van der Waals surface area contributed by atoms with Crippen molar-refractivity contribution < 1.29 is 14.3 Å². The van der Waals surface area contributed by atoms with Crippen LogP contribution in [-0.4, -0.2) is 11.9 Å². The summed E-state index contributed by atoms with van der Waals surface area (Å²) in [5, 5.41) is 0. The molecule has 0 N–H and O–H groups in total. The number of fused-ring (bicyclic) bond motifs is 1. The summed E-state index contributed by atoms with van der Waals surface area (Å²) < 4.78 is 4.50. The second-order valence-electron chi connectivity index (χ2n) is 2.99. The Balaban J connectivity index is 2.69. The van der Waals surface area contributed by atoms with E-state index in [-0.39, 0.29) is 0 Å². The minimum absolute atomic E-state index is 0.302. The van der Waals surface area contributed by atoms with Gasteiger partial charge in [0.15, 0.2) is 0 Å². The number of cyclic esters (lactones) is 2. The number of carbonyl (C=O) groups is 2. The summed E-state index contributed by atoms with van der Waals surface area (Å²) in [6.45, 7) is 0. The molecule has 0 bridgehead atoms. The van der Waals surface area contributed by atoms with Gasteiger partial charge in [-0.1, -0.05) is 36.4 Å². The zero-order valence-corrected chi connectivity index (χ0v) is 7.84. The SMILES string of the molecule is O=C1OC(=O)c2ccccccccc21. The summed E-state index contributed by atoms with van der Waals surface area (Å²) in [6, 6.07) is 13.7. The summed E-state index contributed by atoms with van der Waals surface area (Å²) in [5.41, 5.74) is 0.604. The second-order valence-corrected chi connectivity index (χ2v) is 2.99. The van der Waals surface area contributed by atoms with E-state index in [1.807, 2.05) is 12.1 Å². The van der Waals surface area contributed by atoms with Crippen molar-refractivity contribution in [2.75, 3.05) is 0 Å². The lowest BCUT2D eigenvalue weighted by Gasteiger charge is -1.83. The third kappa shape index (κ3) is 1.86. The molecule has 0 unspecified atom stereocenters. The molecule has 0 aromatic heterocycles. The molecule has 0 atom stereocenters. The molecule has 1 heterocycles. The van der Waals surface area contributed by atoms with Gasteiger partial charge in [0.05, 0.1) is 11.1 Å². The Morgan fingerprint density at radius 1 is 0.667 bits per heavy atom. The summed E-state index contributed by atoms with van der Waals surface area (Å²) in [5.74, 6) is -1.18. The highest BCUT2D eigenvalue weighted by Crippen LogP contribution is 2.16. The normalized spacial score (nSPS) is 12.8. The highest BCUT2D eigenvalue weighted by molar-refractivity contribution is 6.14. The molecule has 1 aliphatic rings. The summed E-state index contributed by atoms with van der Waals surface area (Å²) in [6.07, 6.45) is 0. The molecule has 0 amide bonds. The molecular weight excluding hydrogens is 192 g/mol. The first-order valence-electron chi connectivity index (χ1n) is 4.48. The van der Waals surface area contributed by atoms with Gasteiger partial charge in [-0.25, -0.2) is 9.59 Å². The zero-order valence-electron chi connectivity index (χ0n) is 7.84. The number of carbonyl (C=O) groups excluding carboxylic acids is 2. The highest BCUT2D eigenvalue weighted by atomic mass is 16.6. The van der Waals surface area contributed by atoms with Gasteiger partial charge in [0.2, 0.25) is 0 Å². The first kappa shape index (κ1) is 9.40. The molecule has 0 saturated carbocycles. The first-order chi connectivity index (χ1) is 7.29. The van der Waals surface area contributed by atoms with Gasteiger partial charge < -0.3 is 4.74 Å². The maximum absolute atomic E-state index is 11.3. The van der Waals surface area contributed by atoms with E-state index in [0.717, 1.165) is 0 Å². The maximum Gasteiger partial charge on any atom is 0.346 e. The van der Waals surface area contributed by atoms with Gasteiger partial charge in [0.1, 0.15) is 0 Å². The monoisotopic (exact) mass is 200 g/mol. The second kappa shape index (κ2) is 3.92. The smallest absolute Gasteiger partial charge is 0.346 e. The van der Waals surface area contributed by atoms with Gasteiger partial charge in [0, 0.05) is 0 Å². The fourth-order valence-corrected chi connectivity index (χ4v) is 1.29. The lowest BCUT2D eigenvalue weighted by molar-refractivity contribution is 0.0443. The van der Waals surface area contributed by atoms with Crippen molar-refractivity contribution in [1.82, 2.24) is 0 Å². The van der Waals surface area contributed by atoms with E-state index in [1.165, 1.54) is 0 Å². The van der Waals surface area contributed by atoms with Crippen LogP contribution in [0.5, 0.6) is 0 Å². The lowest BCUT2D eigenvalue weighted by Crippen LogP contribution is -1.97. The van der Waals surface area contributed by atoms with Crippen LogP contribution in [0.2, 0.25) is 0 Å². The number of ether oxygens (including phenoxy) is 1. The van der Waals surface area contributed by atoms with Crippen molar-refractivity contribution in [1.29, 1.82) is 0 Å². The van der Waals surface area contributed by atoms with Crippen LogP contribution >= 0.6 is 0 Å². The van der Waals surface area contributed by atoms with E-state index in [0.29, 0.717) is 11.1 Å². The topological polar surface area (TPSA) is 43.4 Å². The molecule has 74 valence electrons. The predicted molar refractivity (Wildman–Crippen MR) is 53.8 cm³/mol.